The molecule has 2 unspecified atom stereocenters. The van der Waals surface area contributed by atoms with Crippen molar-refractivity contribution < 1.29 is 29.0 Å². The molecule has 106 valence electrons. The molecular formula is C12H19N2O5+. The van der Waals surface area contributed by atoms with Crippen LogP contribution in [0.2, 0.25) is 0 Å². The van der Waals surface area contributed by atoms with Crippen LogP contribution in [0.25, 0.3) is 0 Å². The Labute approximate surface area is 111 Å². The first kappa shape index (κ1) is 15.3. The van der Waals surface area contributed by atoms with Gasteiger partial charge in [0.1, 0.15) is 6.54 Å². The number of aliphatic imine (C=N–C) groups is 1. The van der Waals surface area contributed by atoms with Crippen LogP contribution >= 0.6 is 0 Å². The summed E-state index contributed by atoms with van der Waals surface area (Å²) in [7, 11) is 0. The number of ether oxygens (including phenoxy) is 1. The molecule has 0 saturated heterocycles. The van der Waals surface area contributed by atoms with Gasteiger partial charge in [0.05, 0.1) is 13.0 Å². The second-order valence-electron chi connectivity index (χ2n) is 4.40. The first-order valence-corrected chi connectivity index (χ1v) is 5.99. The highest BCUT2D eigenvalue weighted by Crippen LogP contribution is 2.23. The number of nitrogens with zero attached hydrogens (tertiary/aromatic N) is 2. The summed E-state index contributed by atoms with van der Waals surface area (Å²) in [6.45, 7) is 5.68. The summed E-state index contributed by atoms with van der Waals surface area (Å²) < 4.78 is 5.30. The number of quaternary nitrogens is 1. The molecule has 1 aliphatic rings. The van der Waals surface area contributed by atoms with Crippen LogP contribution in [0, 0.1) is 0 Å². The molecule has 0 aliphatic carbocycles. The van der Waals surface area contributed by atoms with Gasteiger partial charge in [0.2, 0.25) is 5.84 Å². The van der Waals surface area contributed by atoms with E-state index in [2.05, 4.69) is 11.6 Å². The minimum atomic E-state index is -1.08. The molecule has 7 heteroatoms. The highest BCUT2D eigenvalue weighted by molar-refractivity contribution is 5.81. The fourth-order valence-electron chi connectivity index (χ4n) is 2.27. The lowest BCUT2D eigenvalue weighted by atomic mass is 10.2. The molecule has 0 radical (unpaired) electrons. The van der Waals surface area contributed by atoms with Gasteiger partial charge in [-0.05, 0) is 0 Å². The van der Waals surface area contributed by atoms with Gasteiger partial charge in [0.15, 0.2) is 19.4 Å². The molecule has 7 nitrogen and oxygen atoms in total. The smallest absolute Gasteiger partial charge is 0.359 e. The van der Waals surface area contributed by atoms with E-state index in [-0.39, 0.29) is 11.0 Å². The summed E-state index contributed by atoms with van der Waals surface area (Å²) >= 11 is 0. The summed E-state index contributed by atoms with van der Waals surface area (Å²) in [5, 5.41) is 17.7. The maximum Gasteiger partial charge on any atom is 0.359 e. The molecule has 2 N–H and O–H groups in total. The molecule has 0 spiro atoms. The molecule has 0 aromatic heterocycles. The van der Waals surface area contributed by atoms with Crippen molar-refractivity contribution in [2.45, 2.75) is 19.6 Å². The highest BCUT2D eigenvalue weighted by Gasteiger charge is 2.45. The largest absolute Gasteiger partial charge is 0.480 e. The van der Waals surface area contributed by atoms with Crippen molar-refractivity contribution in [3.63, 3.8) is 0 Å². The zero-order valence-corrected chi connectivity index (χ0v) is 10.9. The number of carboxylic acid groups (broad SMARTS) is 2. The fourth-order valence-corrected chi connectivity index (χ4v) is 2.27. The summed E-state index contributed by atoms with van der Waals surface area (Å²) in [4.78, 5) is 25.9. The maximum atomic E-state index is 11.1. The third kappa shape index (κ3) is 3.62. The Kier molecular flexibility index (Phi) is 5.20. The standard InChI is InChI=1S/C12H18N2O5/c1-3-4-10-13-5-6-14(10,7-11(15)16)9(2)19-8-12(17)18/h3,9H,1,4-8H2,2H3,(H-,15,16,17,18)/p+1. The van der Waals surface area contributed by atoms with Gasteiger partial charge in [0, 0.05) is 6.92 Å². The van der Waals surface area contributed by atoms with Crippen LogP contribution in [0.4, 0.5) is 0 Å². The molecule has 0 aromatic carbocycles. The van der Waals surface area contributed by atoms with Crippen LogP contribution in [0.1, 0.15) is 13.3 Å². The molecule has 0 saturated carbocycles. The summed E-state index contributed by atoms with van der Waals surface area (Å²) in [5.74, 6) is -1.37. The van der Waals surface area contributed by atoms with E-state index in [1.54, 1.807) is 13.0 Å². The fraction of sp³-hybridized carbons (Fsp3) is 0.583. The Morgan fingerprint density at radius 2 is 2.21 bits per heavy atom. The van der Waals surface area contributed by atoms with Gasteiger partial charge in [-0.3, -0.25) is 0 Å². The lowest BCUT2D eigenvalue weighted by Gasteiger charge is -2.37. The normalized spacial score (nSPS) is 23.7. The number of aliphatic carboxylic acids is 2. The second-order valence-corrected chi connectivity index (χ2v) is 4.40. The summed E-state index contributed by atoms with van der Waals surface area (Å²) in [6, 6.07) is 0. The van der Waals surface area contributed by atoms with Gasteiger partial charge in [-0.2, -0.15) is 0 Å². The summed E-state index contributed by atoms with van der Waals surface area (Å²) in [6.07, 6.45) is 1.55. The Bertz CT molecular complexity index is 407. The zero-order valence-electron chi connectivity index (χ0n) is 10.9. The monoisotopic (exact) mass is 271 g/mol. The number of carbonyl (C=O) groups is 2. The number of amidine groups is 1. The van der Waals surface area contributed by atoms with Crippen molar-refractivity contribution >= 4 is 17.8 Å². The maximum absolute atomic E-state index is 11.1. The van der Waals surface area contributed by atoms with Gasteiger partial charge >= 0.3 is 11.9 Å². The summed E-state index contributed by atoms with van der Waals surface area (Å²) in [5.41, 5.74) is 0. The molecule has 2 atom stereocenters. The van der Waals surface area contributed by atoms with Crippen LogP contribution in [0.5, 0.6) is 0 Å². The molecule has 0 aromatic rings. The van der Waals surface area contributed by atoms with Gasteiger partial charge < -0.3 is 14.9 Å². The SMILES string of the molecule is C=CCC1=NCC[N+]1(CC(=O)O)C(C)OCC(=O)O. The molecule has 0 amide bonds. The molecule has 0 fully saturated rings. The van der Waals surface area contributed by atoms with Gasteiger partial charge in [-0.15, -0.1) is 6.58 Å². The average Bonchev–Trinajstić information content (AvgIpc) is 2.70. The molecule has 1 rings (SSSR count). The van der Waals surface area contributed by atoms with Crippen LogP contribution < -0.4 is 0 Å². The van der Waals surface area contributed by atoms with E-state index in [0.29, 0.717) is 25.3 Å². The van der Waals surface area contributed by atoms with Gasteiger partial charge in [-0.25, -0.2) is 19.1 Å². The Hall–Kier alpha value is -1.73. The average molecular weight is 271 g/mol. The highest BCUT2D eigenvalue weighted by atomic mass is 16.5. The first-order valence-electron chi connectivity index (χ1n) is 5.99. The van der Waals surface area contributed by atoms with Crippen LogP contribution in [0.15, 0.2) is 17.6 Å². The number of hydrogen-bond donors (Lipinski definition) is 2. The Balaban J connectivity index is 2.92. The number of hydrogen-bond acceptors (Lipinski definition) is 4. The van der Waals surface area contributed by atoms with Gasteiger partial charge in [-0.1, -0.05) is 6.08 Å². The number of rotatable bonds is 8. The van der Waals surface area contributed by atoms with Crippen LogP contribution in [-0.4, -0.2) is 64.9 Å². The Morgan fingerprint density at radius 3 is 2.74 bits per heavy atom. The van der Waals surface area contributed by atoms with E-state index in [1.165, 1.54) is 0 Å². The molecule has 0 bridgehead atoms. The van der Waals surface area contributed by atoms with Crippen molar-refractivity contribution in [2.24, 2.45) is 4.99 Å². The van der Waals surface area contributed by atoms with Crippen molar-refractivity contribution in [1.82, 2.24) is 0 Å². The van der Waals surface area contributed by atoms with Crippen molar-refractivity contribution in [1.29, 1.82) is 0 Å². The van der Waals surface area contributed by atoms with Crippen molar-refractivity contribution in [3.05, 3.63) is 12.7 Å². The topological polar surface area (TPSA) is 96.2 Å². The lowest BCUT2D eigenvalue weighted by Crippen LogP contribution is -2.60. The lowest BCUT2D eigenvalue weighted by molar-refractivity contribution is -0.878. The predicted octanol–water partition coefficient (Wildman–Crippen LogP) is 0.323. The van der Waals surface area contributed by atoms with Crippen molar-refractivity contribution in [3.8, 4) is 0 Å². The van der Waals surface area contributed by atoms with E-state index in [9.17, 15) is 9.59 Å². The second kappa shape index (κ2) is 6.44. The van der Waals surface area contributed by atoms with Gasteiger partial charge in [0.25, 0.3) is 0 Å². The van der Waals surface area contributed by atoms with Crippen LogP contribution in [-0.2, 0) is 14.3 Å². The number of carboxylic acids is 2. The van der Waals surface area contributed by atoms with E-state index >= 15 is 0 Å². The molecule has 19 heavy (non-hydrogen) atoms. The minimum absolute atomic E-state index is 0.0363. The van der Waals surface area contributed by atoms with Crippen molar-refractivity contribution in [2.75, 3.05) is 26.2 Å². The third-order valence-corrected chi connectivity index (χ3v) is 3.20. The van der Waals surface area contributed by atoms with E-state index in [0.717, 1.165) is 0 Å². The van der Waals surface area contributed by atoms with Crippen LogP contribution in [0.3, 0.4) is 0 Å². The quantitative estimate of drug-likeness (QED) is 0.489. The molecule has 1 heterocycles. The van der Waals surface area contributed by atoms with E-state index < -0.39 is 24.8 Å². The Morgan fingerprint density at radius 1 is 1.53 bits per heavy atom. The molecule has 1 aliphatic heterocycles. The van der Waals surface area contributed by atoms with E-state index in [1.807, 2.05) is 0 Å². The third-order valence-electron chi connectivity index (χ3n) is 3.20. The zero-order chi connectivity index (χ0) is 14.5. The predicted molar refractivity (Wildman–Crippen MR) is 67.8 cm³/mol. The molecular weight excluding hydrogens is 252 g/mol. The van der Waals surface area contributed by atoms with E-state index in [4.69, 9.17) is 14.9 Å². The minimum Gasteiger partial charge on any atom is -0.480 e. The first-order chi connectivity index (χ1) is 8.92.